The molecule has 0 heterocycles. The topological polar surface area (TPSA) is 180 Å². The fraction of sp³-hybridized carbons (Fsp3) is 0.207. The van der Waals surface area contributed by atoms with Gasteiger partial charge < -0.3 is 32.1 Å². The molecule has 12 heteroatoms. The van der Waals surface area contributed by atoms with Crippen LogP contribution in [0.3, 0.4) is 0 Å². The summed E-state index contributed by atoms with van der Waals surface area (Å²) in [6, 6.07) is 28.4. The summed E-state index contributed by atoms with van der Waals surface area (Å²) in [5.41, 5.74) is 8.60. The number of primary amides is 1. The van der Waals surface area contributed by atoms with Crippen LogP contribution in [0.15, 0.2) is 91.0 Å². The largest absolute Gasteiger partial charge is 0.465 e. The SMILES string of the molecule is NC(=O)[C@H](CSC(c1ccccc1)(c1ccccc1)c1ccccc1)NC(=O)CNC(=O)CNC(=O)CNC(=O)O. The summed E-state index contributed by atoms with van der Waals surface area (Å²) < 4.78 is -0.732. The average molecular weight is 578 g/mol. The lowest BCUT2D eigenvalue weighted by atomic mass is 9.84. The highest BCUT2D eigenvalue weighted by Crippen LogP contribution is 2.48. The minimum atomic E-state index is -1.38. The third-order valence-electron chi connectivity index (χ3n) is 5.98. The van der Waals surface area contributed by atoms with Crippen molar-refractivity contribution in [2.24, 2.45) is 5.73 Å². The van der Waals surface area contributed by atoms with Gasteiger partial charge in [-0.25, -0.2) is 4.79 Å². The third-order valence-corrected chi connectivity index (χ3v) is 7.62. The Morgan fingerprint density at radius 1 is 0.659 bits per heavy atom. The van der Waals surface area contributed by atoms with Crippen LogP contribution in [0.2, 0.25) is 0 Å². The van der Waals surface area contributed by atoms with Gasteiger partial charge in [-0.3, -0.25) is 19.2 Å². The summed E-state index contributed by atoms with van der Waals surface area (Å²) in [4.78, 5) is 58.9. The van der Waals surface area contributed by atoms with Gasteiger partial charge in [0.05, 0.1) is 24.4 Å². The highest BCUT2D eigenvalue weighted by atomic mass is 32.2. The molecule has 0 saturated heterocycles. The van der Waals surface area contributed by atoms with Crippen molar-refractivity contribution in [1.29, 1.82) is 0 Å². The number of hydrogen-bond donors (Lipinski definition) is 6. The standard InChI is InChI=1S/C29H31N5O6S/c30-27(38)23(34-26(37)18-32-24(35)16-31-25(36)17-33-28(39)40)19-41-29(20-10-4-1-5-11-20,21-12-6-2-7-13-21)22-14-8-3-9-15-22/h1-15,23,33H,16-19H2,(H2,30,38)(H,31,36)(H,32,35)(H,34,37)(H,39,40)/t23-/m0/s1. The molecule has 11 nitrogen and oxygen atoms in total. The molecule has 41 heavy (non-hydrogen) atoms. The molecule has 0 radical (unpaired) electrons. The van der Waals surface area contributed by atoms with Gasteiger partial charge in [0, 0.05) is 5.75 Å². The predicted molar refractivity (Wildman–Crippen MR) is 155 cm³/mol. The Labute approximate surface area is 241 Å². The van der Waals surface area contributed by atoms with Gasteiger partial charge in [-0.15, -0.1) is 11.8 Å². The zero-order valence-electron chi connectivity index (χ0n) is 22.0. The van der Waals surface area contributed by atoms with Crippen LogP contribution in [0.5, 0.6) is 0 Å². The quantitative estimate of drug-likeness (QED) is 0.156. The highest BCUT2D eigenvalue weighted by molar-refractivity contribution is 8.00. The maximum Gasteiger partial charge on any atom is 0.405 e. The third kappa shape index (κ3) is 8.83. The molecule has 3 aromatic carbocycles. The Morgan fingerprint density at radius 2 is 1.05 bits per heavy atom. The van der Waals surface area contributed by atoms with E-state index in [1.54, 1.807) is 0 Å². The van der Waals surface area contributed by atoms with Crippen molar-refractivity contribution in [1.82, 2.24) is 21.3 Å². The van der Waals surface area contributed by atoms with Crippen LogP contribution < -0.4 is 27.0 Å². The molecule has 1 atom stereocenters. The molecule has 0 aliphatic rings. The van der Waals surface area contributed by atoms with E-state index in [1.165, 1.54) is 11.8 Å². The summed E-state index contributed by atoms with van der Waals surface area (Å²) in [6.45, 7) is -1.44. The summed E-state index contributed by atoms with van der Waals surface area (Å²) in [7, 11) is 0. The van der Waals surface area contributed by atoms with Crippen LogP contribution in [-0.2, 0) is 23.9 Å². The summed E-state index contributed by atoms with van der Waals surface area (Å²) in [6.07, 6.45) is -1.38. The normalized spacial score (nSPS) is 11.5. The lowest BCUT2D eigenvalue weighted by molar-refractivity contribution is -0.129. The van der Waals surface area contributed by atoms with Crippen LogP contribution in [0.25, 0.3) is 0 Å². The highest BCUT2D eigenvalue weighted by Gasteiger charge is 2.38. The molecule has 0 saturated carbocycles. The van der Waals surface area contributed by atoms with Gasteiger partial charge in [-0.1, -0.05) is 91.0 Å². The molecule has 0 aromatic heterocycles. The molecule has 0 aliphatic carbocycles. The second-order valence-electron chi connectivity index (χ2n) is 8.82. The van der Waals surface area contributed by atoms with Crippen molar-refractivity contribution < 1.29 is 29.1 Å². The van der Waals surface area contributed by atoms with Crippen molar-refractivity contribution in [3.63, 3.8) is 0 Å². The van der Waals surface area contributed by atoms with Gasteiger partial charge in [0.15, 0.2) is 0 Å². The van der Waals surface area contributed by atoms with Crippen LogP contribution in [0.4, 0.5) is 4.79 Å². The van der Waals surface area contributed by atoms with Crippen molar-refractivity contribution in [3.05, 3.63) is 108 Å². The molecule has 0 fully saturated rings. The fourth-order valence-corrected chi connectivity index (χ4v) is 5.63. The van der Waals surface area contributed by atoms with E-state index in [1.807, 2.05) is 96.3 Å². The van der Waals surface area contributed by atoms with E-state index in [9.17, 15) is 24.0 Å². The molecule has 7 N–H and O–H groups in total. The molecule has 0 aliphatic heterocycles. The molecule has 3 aromatic rings. The second-order valence-corrected chi connectivity index (χ2v) is 10.1. The Hall–Kier alpha value is -4.84. The van der Waals surface area contributed by atoms with Gasteiger partial charge in [0.2, 0.25) is 23.6 Å². The number of rotatable bonds is 14. The van der Waals surface area contributed by atoms with E-state index >= 15 is 0 Å². The van der Waals surface area contributed by atoms with Gasteiger partial charge in [-0.2, -0.15) is 0 Å². The van der Waals surface area contributed by atoms with Crippen molar-refractivity contribution in [2.45, 2.75) is 10.8 Å². The number of hydrogen-bond acceptors (Lipinski definition) is 6. The van der Waals surface area contributed by atoms with Gasteiger partial charge in [0.1, 0.15) is 6.04 Å². The Morgan fingerprint density at radius 3 is 1.44 bits per heavy atom. The minimum Gasteiger partial charge on any atom is -0.465 e. The second kappa shape index (κ2) is 15.1. The fourth-order valence-electron chi connectivity index (χ4n) is 4.06. The number of nitrogens with one attached hydrogen (secondary N) is 4. The van der Waals surface area contributed by atoms with E-state index in [2.05, 4.69) is 16.0 Å². The number of thioether (sulfide) groups is 1. The molecule has 5 amide bonds. The van der Waals surface area contributed by atoms with Crippen LogP contribution in [0, 0.1) is 0 Å². The molecule has 3 rings (SSSR count). The zero-order chi connectivity index (χ0) is 29.7. The summed E-state index contributed by atoms with van der Waals surface area (Å²) in [5.74, 6) is -2.65. The first-order chi connectivity index (χ1) is 19.7. The maximum atomic E-state index is 12.6. The number of amides is 5. The molecule has 0 spiro atoms. The molecule has 214 valence electrons. The van der Waals surface area contributed by atoms with Crippen molar-refractivity contribution >= 4 is 41.5 Å². The van der Waals surface area contributed by atoms with Crippen LogP contribution in [-0.4, -0.2) is 66.3 Å². The number of benzene rings is 3. The molecular formula is C29H31N5O6S. The van der Waals surface area contributed by atoms with E-state index in [0.717, 1.165) is 16.7 Å². The maximum absolute atomic E-state index is 12.6. The summed E-state index contributed by atoms with van der Waals surface area (Å²) in [5, 5.41) is 17.5. The van der Waals surface area contributed by atoms with Gasteiger partial charge in [-0.05, 0) is 16.7 Å². The molecular weight excluding hydrogens is 546 g/mol. The first-order valence-corrected chi connectivity index (χ1v) is 13.6. The zero-order valence-corrected chi connectivity index (χ0v) is 22.9. The Bertz CT molecular complexity index is 1240. The van der Waals surface area contributed by atoms with E-state index in [4.69, 9.17) is 10.8 Å². The van der Waals surface area contributed by atoms with Gasteiger partial charge in [0.25, 0.3) is 0 Å². The van der Waals surface area contributed by atoms with Crippen molar-refractivity contribution in [2.75, 3.05) is 25.4 Å². The minimum absolute atomic E-state index is 0.125. The first-order valence-electron chi connectivity index (χ1n) is 12.6. The first kappa shape index (κ1) is 30.7. The summed E-state index contributed by atoms with van der Waals surface area (Å²) >= 11 is 1.45. The Balaban J connectivity index is 1.72. The van der Waals surface area contributed by atoms with Crippen LogP contribution >= 0.6 is 11.8 Å². The van der Waals surface area contributed by atoms with E-state index < -0.39 is 60.1 Å². The number of carboxylic acid groups (broad SMARTS) is 1. The number of nitrogens with two attached hydrogens (primary N) is 1. The van der Waals surface area contributed by atoms with Crippen LogP contribution in [0.1, 0.15) is 16.7 Å². The monoisotopic (exact) mass is 577 g/mol. The smallest absolute Gasteiger partial charge is 0.405 e. The number of carbonyl (C=O) groups is 5. The van der Waals surface area contributed by atoms with Gasteiger partial charge >= 0.3 is 6.09 Å². The Kier molecular flexibility index (Phi) is 11.3. The number of carbonyl (C=O) groups excluding carboxylic acids is 4. The van der Waals surface area contributed by atoms with E-state index in [-0.39, 0.29) is 5.75 Å². The lowest BCUT2D eigenvalue weighted by Crippen LogP contribution is -2.50. The lowest BCUT2D eigenvalue weighted by Gasteiger charge is -2.36. The van der Waals surface area contributed by atoms with E-state index in [0.29, 0.717) is 0 Å². The molecule has 0 unspecified atom stereocenters. The molecule has 0 bridgehead atoms. The average Bonchev–Trinajstić information content (AvgIpc) is 2.99. The van der Waals surface area contributed by atoms with Crippen molar-refractivity contribution in [3.8, 4) is 0 Å². The predicted octanol–water partition coefficient (Wildman–Crippen LogP) is 1.18.